The van der Waals surface area contributed by atoms with E-state index in [0.717, 1.165) is 69.2 Å². The molecule has 7 heteroatoms. The van der Waals surface area contributed by atoms with Gasteiger partial charge in [-0.15, -0.1) is 24.0 Å². The van der Waals surface area contributed by atoms with Crippen LogP contribution >= 0.6 is 39.9 Å². The maximum absolute atomic E-state index is 5.77. The zero-order valence-electron chi connectivity index (χ0n) is 14.8. The van der Waals surface area contributed by atoms with Crippen LogP contribution in [-0.2, 0) is 16.0 Å². The molecule has 1 aliphatic rings. The lowest BCUT2D eigenvalue weighted by Gasteiger charge is -2.21. The summed E-state index contributed by atoms with van der Waals surface area (Å²) in [5.41, 5.74) is 1.22. The van der Waals surface area contributed by atoms with Crippen molar-refractivity contribution in [3.8, 4) is 0 Å². The minimum absolute atomic E-state index is 0. The molecule has 5 nitrogen and oxygen atoms in total. The summed E-state index contributed by atoms with van der Waals surface area (Å²) in [6.07, 6.45) is 3.23. The third kappa shape index (κ3) is 9.77. The van der Waals surface area contributed by atoms with Crippen LogP contribution in [0.15, 0.2) is 33.7 Å². The number of hydrogen-bond acceptors (Lipinski definition) is 3. The fourth-order valence-corrected chi connectivity index (χ4v) is 2.82. The normalized spacial score (nSPS) is 15.5. The van der Waals surface area contributed by atoms with Crippen LogP contribution in [0, 0.1) is 5.92 Å². The molecule has 0 aromatic heterocycles. The molecule has 2 rings (SSSR count). The Labute approximate surface area is 176 Å². The Balaban J connectivity index is 0.00000312. The van der Waals surface area contributed by atoms with Gasteiger partial charge in [-0.1, -0.05) is 28.1 Å². The molecule has 0 atom stereocenters. The molecule has 25 heavy (non-hydrogen) atoms. The van der Waals surface area contributed by atoms with E-state index in [-0.39, 0.29) is 24.0 Å². The van der Waals surface area contributed by atoms with Crippen molar-refractivity contribution in [2.45, 2.75) is 25.8 Å². The van der Waals surface area contributed by atoms with Gasteiger partial charge in [-0.3, -0.25) is 4.99 Å². The van der Waals surface area contributed by atoms with E-state index >= 15 is 0 Å². The lowest BCUT2D eigenvalue weighted by molar-refractivity contribution is 0.0203. The lowest BCUT2D eigenvalue weighted by atomic mass is 10.0. The van der Waals surface area contributed by atoms with Crippen molar-refractivity contribution >= 4 is 45.9 Å². The number of ether oxygens (including phenoxy) is 2. The average molecular weight is 526 g/mol. The van der Waals surface area contributed by atoms with Gasteiger partial charge in [0.05, 0.1) is 0 Å². The lowest BCUT2D eigenvalue weighted by Crippen LogP contribution is -2.37. The van der Waals surface area contributed by atoms with Crippen LogP contribution in [0.2, 0.25) is 0 Å². The fourth-order valence-electron chi connectivity index (χ4n) is 2.55. The van der Waals surface area contributed by atoms with Crippen molar-refractivity contribution in [1.29, 1.82) is 0 Å². The van der Waals surface area contributed by atoms with Gasteiger partial charge in [0.1, 0.15) is 0 Å². The molecule has 1 saturated heterocycles. The Hall–Kier alpha value is -0.380. The number of aliphatic imine (C=N–C) groups is 1. The van der Waals surface area contributed by atoms with Crippen molar-refractivity contribution in [3.63, 3.8) is 0 Å². The predicted molar refractivity (Wildman–Crippen MR) is 117 cm³/mol. The number of benzene rings is 1. The number of halogens is 2. The van der Waals surface area contributed by atoms with Gasteiger partial charge in [0.15, 0.2) is 5.96 Å². The zero-order valence-corrected chi connectivity index (χ0v) is 18.7. The van der Waals surface area contributed by atoms with Crippen LogP contribution in [0.3, 0.4) is 0 Å². The summed E-state index contributed by atoms with van der Waals surface area (Å²) >= 11 is 3.44. The molecular weight excluding hydrogens is 497 g/mol. The molecule has 1 aromatic rings. The van der Waals surface area contributed by atoms with Gasteiger partial charge in [-0.05, 0) is 42.9 Å². The molecule has 0 spiro atoms. The highest BCUT2D eigenvalue weighted by atomic mass is 127. The number of nitrogens with zero attached hydrogens (tertiary/aromatic N) is 1. The first-order valence-electron chi connectivity index (χ1n) is 8.62. The highest BCUT2D eigenvalue weighted by molar-refractivity contribution is 14.0. The molecule has 1 aromatic carbocycles. The van der Waals surface area contributed by atoms with Gasteiger partial charge in [0.2, 0.25) is 0 Å². The van der Waals surface area contributed by atoms with Gasteiger partial charge < -0.3 is 20.1 Å². The van der Waals surface area contributed by atoms with Crippen LogP contribution < -0.4 is 10.6 Å². The molecule has 142 valence electrons. The first-order valence-corrected chi connectivity index (χ1v) is 9.41. The molecule has 2 N–H and O–H groups in total. The molecule has 0 bridgehead atoms. The van der Waals surface area contributed by atoms with Crippen LogP contribution in [0.1, 0.15) is 24.8 Å². The smallest absolute Gasteiger partial charge is 0.191 e. The SMILES string of the molecule is CN=C(NCCCOCC1CCOCC1)NCc1ccc(Br)cc1.I. The van der Waals surface area contributed by atoms with Crippen molar-refractivity contribution in [2.75, 3.05) is 40.0 Å². The maximum atomic E-state index is 5.77. The summed E-state index contributed by atoms with van der Waals surface area (Å²) in [5, 5.41) is 6.64. The quantitative estimate of drug-likeness (QED) is 0.236. The van der Waals surface area contributed by atoms with E-state index in [1.807, 2.05) is 12.1 Å². The average Bonchev–Trinajstić information content (AvgIpc) is 2.63. The summed E-state index contributed by atoms with van der Waals surface area (Å²) < 4.78 is 12.2. The van der Waals surface area contributed by atoms with E-state index in [4.69, 9.17) is 9.47 Å². The van der Waals surface area contributed by atoms with E-state index in [2.05, 4.69) is 43.7 Å². The second-order valence-corrected chi connectivity index (χ2v) is 6.88. The van der Waals surface area contributed by atoms with E-state index in [1.165, 1.54) is 5.56 Å². The third-order valence-corrected chi connectivity index (χ3v) is 4.58. The summed E-state index contributed by atoms with van der Waals surface area (Å²) in [7, 11) is 1.79. The van der Waals surface area contributed by atoms with Crippen molar-refractivity contribution in [1.82, 2.24) is 10.6 Å². The molecular formula is C18H29BrIN3O2. The van der Waals surface area contributed by atoms with E-state index < -0.39 is 0 Å². The van der Waals surface area contributed by atoms with Crippen LogP contribution in [-0.4, -0.2) is 46.0 Å². The monoisotopic (exact) mass is 525 g/mol. The van der Waals surface area contributed by atoms with Gasteiger partial charge in [0, 0.05) is 51.0 Å². The standard InChI is InChI=1S/C18H28BrN3O2.HI/c1-20-18(22-13-15-3-5-17(19)6-4-15)21-9-2-10-24-14-16-7-11-23-12-8-16;/h3-6,16H,2,7-14H2,1H3,(H2,20,21,22);1H. The molecule has 0 unspecified atom stereocenters. The molecule has 1 fully saturated rings. The van der Waals surface area contributed by atoms with Gasteiger partial charge in [-0.25, -0.2) is 0 Å². The summed E-state index contributed by atoms with van der Waals surface area (Å²) in [6.45, 7) is 5.03. The highest BCUT2D eigenvalue weighted by Gasteiger charge is 2.13. The second-order valence-electron chi connectivity index (χ2n) is 5.96. The molecule has 0 saturated carbocycles. The predicted octanol–water partition coefficient (Wildman–Crippen LogP) is 3.57. The minimum Gasteiger partial charge on any atom is -0.381 e. The molecule has 0 amide bonds. The summed E-state index contributed by atoms with van der Waals surface area (Å²) in [6, 6.07) is 8.27. The first kappa shape index (κ1) is 22.7. The van der Waals surface area contributed by atoms with Crippen molar-refractivity contribution < 1.29 is 9.47 Å². The van der Waals surface area contributed by atoms with E-state index in [1.54, 1.807) is 7.05 Å². The van der Waals surface area contributed by atoms with Crippen LogP contribution in [0.25, 0.3) is 0 Å². The second kappa shape index (κ2) is 13.8. The van der Waals surface area contributed by atoms with Gasteiger partial charge >= 0.3 is 0 Å². The number of nitrogens with one attached hydrogen (secondary N) is 2. The summed E-state index contributed by atoms with van der Waals surface area (Å²) in [4.78, 5) is 4.24. The molecule has 0 aliphatic carbocycles. The molecule has 1 heterocycles. The van der Waals surface area contributed by atoms with Crippen molar-refractivity contribution in [2.24, 2.45) is 10.9 Å². The first-order chi connectivity index (χ1) is 11.8. The van der Waals surface area contributed by atoms with E-state index in [0.29, 0.717) is 5.92 Å². The third-order valence-electron chi connectivity index (χ3n) is 4.05. The van der Waals surface area contributed by atoms with Gasteiger partial charge in [-0.2, -0.15) is 0 Å². The largest absolute Gasteiger partial charge is 0.381 e. The van der Waals surface area contributed by atoms with Crippen LogP contribution in [0.4, 0.5) is 0 Å². The Kier molecular flexibility index (Phi) is 12.5. The highest BCUT2D eigenvalue weighted by Crippen LogP contribution is 2.14. The number of guanidine groups is 1. The van der Waals surface area contributed by atoms with Crippen molar-refractivity contribution in [3.05, 3.63) is 34.3 Å². The summed E-state index contributed by atoms with van der Waals surface area (Å²) in [5.74, 6) is 1.49. The molecule has 1 aliphatic heterocycles. The topological polar surface area (TPSA) is 54.9 Å². The maximum Gasteiger partial charge on any atom is 0.191 e. The van der Waals surface area contributed by atoms with Gasteiger partial charge in [0.25, 0.3) is 0 Å². The Morgan fingerprint density at radius 3 is 2.64 bits per heavy atom. The fraction of sp³-hybridized carbons (Fsp3) is 0.611. The zero-order chi connectivity index (χ0) is 17.0. The van der Waals surface area contributed by atoms with Crippen LogP contribution in [0.5, 0.6) is 0 Å². The number of hydrogen-bond donors (Lipinski definition) is 2. The Morgan fingerprint density at radius 2 is 1.96 bits per heavy atom. The minimum atomic E-state index is 0. The number of rotatable bonds is 8. The molecule has 0 radical (unpaired) electrons. The Bertz CT molecular complexity index is 494. The van der Waals surface area contributed by atoms with E-state index in [9.17, 15) is 0 Å². The Morgan fingerprint density at radius 1 is 1.24 bits per heavy atom.